The van der Waals surface area contributed by atoms with E-state index >= 15 is 0 Å². The third-order valence-electron chi connectivity index (χ3n) is 2.93. The second kappa shape index (κ2) is 7.07. The first-order chi connectivity index (χ1) is 10.9. The summed E-state index contributed by atoms with van der Waals surface area (Å²) in [6.45, 7) is 1.73. The summed E-state index contributed by atoms with van der Waals surface area (Å²) in [6, 6.07) is 8.65. The number of rotatable bonds is 6. The van der Waals surface area contributed by atoms with E-state index in [1.54, 1.807) is 31.2 Å². The number of hydrogen-bond donors (Lipinski definition) is 3. The van der Waals surface area contributed by atoms with E-state index in [0.717, 1.165) is 0 Å². The Morgan fingerprint density at radius 3 is 2.52 bits per heavy atom. The van der Waals surface area contributed by atoms with Gasteiger partial charge in [-0.3, -0.25) is 0 Å². The lowest BCUT2D eigenvalue weighted by molar-refractivity contribution is 0.249. The van der Waals surface area contributed by atoms with Crippen molar-refractivity contribution in [1.82, 2.24) is 10.1 Å². The van der Waals surface area contributed by atoms with Crippen LogP contribution < -0.4 is 15.9 Å². The Bertz CT molecular complexity index is 796. The van der Waals surface area contributed by atoms with E-state index in [0.29, 0.717) is 17.0 Å². The number of amides is 2. The molecular formula is C14H16N4O4S. The van der Waals surface area contributed by atoms with Gasteiger partial charge in [-0.1, -0.05) is 12.1 Å². The normalized spacial score (nSPS) is 12.1. The predicted octanol–water partition coefficient (Wildman–Crippen LogP) is 1.15. The molecule has 1 aromatic carbocycles. The molecule has 0 spiro atoms. The number of carbonyl (C=O) groups excluding carboxylic acids is 1. The number of carbonyl (C=O) groups is 1. The lowest BCUT2D eigenvalue weighted by Gasteiger charge is -2.07. The number of nitrogens with two attached hydrogens (primary N) is 1. The SMILES string of the molecule is C/C(=N\NC(N)=O)c1ccc(S(=O)(=O)NCc2ccco2)cc1. The van der Waals surface area contributed by atoms with Gasteiger partial charge in [0, 0.05) is 0 Å². The van der Waals surface area contributed by atoms with Gasteiger partial charge in [0.2, 0.25) is 10.0 Å². The van der Waals surface area contributed by atoms with Crippen LogP contribution in [0.4, 0.5) is 4.79 Å². The maximum Gasteiger partial charge on any atom is 0.332 e. The van der Waals surface area contributed by atoms with Gasteiger partial charge >= 0.3 is 6.03 Å². The number of nitrogens with zero attached hydrogens (tertiary/aromatic N) is 1. The molecule has 8 nitrogen and oxygen atoms in total. The summed E-state index contributed by atoms with van der Waals surface area (Å²) in [4.78, 5) is 10.7. The quantitative estimate of drug-likeness (QED) is 0.540. The molecule has 0 atom stereocenters. The molecule has 2 amide bonds. The zero-order chi connectivity index (χ0) is 16.9. The molecule has 0 saturated carbocycles. The fourth-order valence-electron chi connectivity index (χ4n) is 1.74. The van der Waals surface area contributed by atoms with Crippen LogP contribution >= 0.6 is 0 Å². The van der Waals surface area contributed by atoms with Gasteiger partial charge < -0.3 is 10.2 Å². The van der Waals surface area contributed by atoms with Crippen LogP contribution in [0.25, 0.3) is 0 Å². The number of hydrogen-bond acceptors (Lipinski definition) is 5. The van der Waals surface area contributed by atoms with E-state index < -0.39 is 16.1 Å². The van der Waals surface area contributed by atoms with E-state index in [9.17, 15) is 13.2 Å². The zero-order valence-corrected chi connectivity index (χ0v) is 13.1. The van der Waals surface area contributed by atoms with Crippen molar-refractivity contribution >= 4 is 21.8 Å². The summed E-state index contributed by atoms with van der Waals surface area (Å²) in [7, 11) is -3.64. The Hall–Kier alpha value is -2.65. The Kier molecular flexibility index (Phi) is 5.14. The number of sulfonamides is 1. The second-order valence-corrected chi connectivity index (χ2v) is 6.37. The molecule has 4 N–H and O–H groups in total. The Morgan fingerprint density at radius 2 is 1.96 bits per heavy atom. The summed E-state index contributed by atoms with van der Waals surface area (Å²) in [5.41, 5.74) is 8.18. The molecule has 2 rings (SSSR count). The average molecular weight is 336 g/mol. The van der Waals surface area contributed by atoms with E-state index in [-0.39, 0.29) is 11.4 Å². The first kappa shape index (κ1) is 16.7. The van der Waals surface area contributed by atoms with E-state index in [1.165, 1.54) is 18.4 Å². The van der Waals surface area contributed by atoms with E-state index in [2.05, 4.69) is 15.2 Å². The number of hydrazone groups is 1. The number of furan rings is 1. The van der Waals surface area contributed by atoms with Gasteiger partial charge in [0.05, 0.1) is 23.4 Å². The first-order valence-corrected chi connectivity index (χ1v) is 8.09. The van der Waals surface area contributed by atoms with Crippen molar-refractivity contribution in [3.05, 3.63) is 54.0 Å². The third kappa shape index (κ3) is 4.66. The molecule has 122 valence electrons. The molecule has 0 aliphatic carbocycles. The Labute approximate surface area is 133 Å². The minimum atomic E-state index is -3.64. The van der Waals surface area contributed by atoms with Crippen LogP contribution in [0, 0.1) is 0 Å². The maximum atomic E-state index is 12.2. The Morgan fingerprint density at radius 1 is 1.26 bits per heavy atom. The zero-order valence-electron chi connectivity index (χ0n) is 12.3. The smallest absolute Gasteiger partial charge is 0.332 e. The molecule has 1 aromatic heterocycles. The average Bonchev–Trinajstić information content (AvgIpc) is 3.04. The minimum absolute atomic E-state index is 0.0695. The van der Waals surface area contributed by atoms with Crippen molar-refractivity contribution in [2.45, 2.75) is 18.4 Å². The number of primary amides is 1. The standard InChI is InChI=1S/C14H16N4O4S/c1-10(17-18-14(15)19)11-4-6-13(7-5-11)23(20,21)16-9-12-3-2-8-22-12/h2-8,16H,9H2,1H3,(H3,15,18,19)/b17-10+. The predicted molar refractivity (Wildman–Crippen MR) is 84.1 cm³/mol. The van der Waals surface area contributed by atoms with Crippen molar-refractivity contribution in [2.75, 3.05) is 0 Å². The molecule has 0 aliphatic rings. The van der Waals surface area contributed by atoms with Crippen molar-refractivity contribution < 1.29 is 17.6 Å². The number of nitrogens with one attached hydrogen (secondary N) is 2. The molecule has 0 saturated heterocycles. The molecule has 2 aromatic rings. The molecule has 0 bridgehead atoms. The lowest BCUT2D eigenvalue weighted by Crippen LogP contribution is -2.25. The highest BCUT2D eigenvalue weighted by Crippen LogP contribution is 2.12. The summed E-state index contributed by atoms with van der Waals surface area (Å²) in [5.74, 6) is 0.519. The van der Waals surface area contributed by atoms with Crippen LogP contribution in [0.15, 0.2) is 57.1 Å². The van der Waals surface area contributed by atoms with Crippen LogP contribution in [-0.2, 0) is 16.6 Å². The maximum absolute atomic E-state index is 12.2. The summed E-state index contributed by atoms with van der Waals surface area (Å²) in [6.07, 6.45) is 1.47. The molecule has 1 heterocycles. The molecular weight excluding hydrogens is 320 g/mol. The third-order valence-corrected chi connectivity index (χ3v) is 4.35. The number of benzene rings is 1. The molecule has 0 fully saturated rings. The highest BCUT2D eigenvalue weighted by molar-refractivity contribution is 7.89. The molecule has 0 radical (unpaired) electrons. The highest BCUT2D eigenvalue weighted by atomic mass is 32.2. The number of urea groups is 1. The van der Waals surface area contributed by atoms with E-state index in [4.69, 9.17) is 10.2 Å². The van der Waals surface area contributed by atoms with Crippen molar-refractivity contribution in [3.63, 3.8) is 0 Å². The first-order valence-electron chi connectivity index (χ1n) is 6.61. The van der Waals surface area contributed by atoms with E-state index in [1.807, 2.05) is 0 Å². The molecule has 23 heavy (non-hydrogen) atoms. The van der Waals surface area contributed by atoms with Gasteiger partial charge in [-0.2, -0.15) is 5.10 Å². The molecule has 0 unspecified atom stereocenters. The van der Waals surface area contributed by atoms with Crippen molar-refractivity contribution in [1.29, 1.82) is 0 Å². The van der Waals surface area contributed by atoms with Gasteiger partial charge in [0.15, 0.2) is 0 Å². The molecule has 0 aliphatic heterocycles. The van der Waals surface area contributed by atoms with Gasteiger partial charge in [-0.25, -0.2) is 23.4 Å². The second-order valence-electron chi connectivity index (χ2n) is 4.60. The van der Waals surface area contributed by atoms with Crippen molar-refractivity contribution in [3.8, 4) is 0 Å². The van der Waals surface area contributed by atoms with Gasteiger partial charge in [-0.05, 0) is 36.8 Å². The van der Waals surface area contributed by atoms with Gasteiger partial charge in [-0.15, -0.1) is 0 Å². The van der Waals surface area contributed by atoms with Crippen LogP contribution in [-0.4, -0.2) is 20.2 Å². The van der Waals surface area contributed by atoms with Crippen LogP contribution in [0.5, 0.6) is 0 Å². The lowest BCUT2D eigenvalue weighted by atomic mass is 10.1. The fourth-order valence-corrected chi connectivity index (χ4v) is 2.73. The highest BCUT2D eigenvalue weighted by Gasteiger charge is 2.14. The molecule has 9 heteroatoms. The minimum Gasteiger partial charge on any atom is -0.468 e. The van der Waals surface area contributed by atoms with Crippen LogP contribution in [0.2, 0.25) is 0 Å². The van der Waals surface area contributed by atoms with Crippen LogP contribution in [0.3, 0.4) is 0 Å². The topological polar surface area (TPSA) is 127 Å². The van der Waals surface area contributed by atoms with Crippen LogP contribution in [0.1, 0.15) is 18.2 Å². The summed E-state index contributed by atoms with van der Waals surface area (Å²) in [5, 5.41) is 3.77. The fraction of sp³-hybridized carbons (Fsp3) is 0.143. The monoisotopic (exact) mass is 336 g/mol. The van der Waals surface area contributed by atoms with Gasteiger partial charge in [0.25, 0.3) is 0 Å². The Balaban J connectivity index is 2.08. The van der Waals surface area contributed by atoms with Crippen molar-refractivity contribution in [2.24, 2.45) is 10.8 Å². The largest absolute Gasteiger partial charge is 0.468 e. The summed E-state index contributed by atoms with van der Waals surface area (Å²) >= 11 is 0. The summed E-state index contributed by atoms with van der Waals surface area (Å²) < 4.78 is 31.8. The van der Waals surface area contributed by atoms with Gasteiger partial charge in [0.1, 0.15) is 5.76 Å².